The molecule has 0 spiro atoms. The number of hydrogen-bond donors (Lipinski definition) is 1. The van der Waals surface area contributed by atoms with Gasteiger partial charge in [0.05, 0.1) is 5.75 Å². The molecule has 1 aromatic carbocycles. The van der Waals surface area contributed by atoms with Gasteiger partial charge in [0.15, 0.2) is 0 Å². The van der Waals surface area contributed by atoms with Crippen LogP contribution in [0, 0.1) is 0 Å². The summed E-state index contributed by atoms with van der Waals surface area (Å²) in [6.45, 7) is 1.62. The lowest BCUT2D eigenvalue weighted by molar-refractivity contribution is -0.121. The Bertz CT molecular complexity index is 633. The van der Waals surface area contributed by atoms with E-state index in [1.165, 1.54) is 6.26 Å². The molecule has 1 N–H and O–H groups in total. The van der Waals surface area contributed by atoms with Crippen LogP contribution < -0.4 is 10.2 Å². The highest BCUT2D eigenvalue weighted by Crippen LogP contribution is 2.23. The first-order valence-corrected chi connectivity index (χ1v) is 9.75. The first-order valence-electron chi connectivity index (χ1n) is 7.31. The number of sulfone groups is 1. The van der Waals surface area contributed by atoms with Crippen LogP contribution in [0.5, 0.6) is 0 Å². The zero-order chi connectivity index (χ0) is 16.2. The van der Waals surface area contributed by atoms with Crippen LogP contribution >= 0.6 is 11.6 Å². The Hall–Kier alpha value is -1.27. The maximum atomic E-state index is 11.8. The van der Waals surface area contributed by atoms with E-state index >= 15 is 0 Å². The van der Waals surface area contributed by atoms with Crippen LogP contribution in [0.3, 0.4) is 0 Å². The number of nitrogens with zero attached hydrogens (tertiary/aromatic N) is 1. The average Bonchev–Trinajstić information content (AvgIpc) is 2.85. The third-order valence-corrected chi connectivity index (χ3v) is 4.91. The minimum Gasteiger partial charge on any atom is -0.369 e. The summed E-state index contributed by atoms with van der Waals surface area (Å²) in [5.41, 5.74) is 1.06. The monoisotopic (exact) mass is 344 g/mol. The van der Waals surface area contributed by atoms with Gasteiger partial charge in [0, 0.05) is 42.5 Å². The van der Waals surface area contributed by atoms with Crippen LogP contribution in [0.25, 0.3) is 0 Å². The van der Waals surface area contributed by atoms with Gasteiger partial charge in [-0.3, -0.25) is 4.79 Å². The van der Waals surface area contributed by atoms with Crippen molar-refractivity contribution in [2.24, 2.45) is 0 Å². The minimum atomic E-state index is -3.00. The Kier molecular flexibility index (Phi) is 5.69. The topological polar surface area (TPSA) is 66.5 Å². The highest BCUT2D eigenvalue weighted by Gasteiger charge is 2.24. The molecule has 122 valence electrons. The molecule has 0 aromatic heterocycles. The SMILES string of the molecule is CS(=O)(=O)CCCC(=O)NC1CCN(c2cccc(Cl)c2)C1. The smallest absolute Gasteiger partial charge is 0.220 e. The van der Waals surface area contributed by atoms with E-state index in [1.54, 1.807) is 0 Å². The van der Waals surface area contributed by atoms with Crippen molar-refractivity contribution in [3.05, 3.63) is 29.3 Å². The Labute approximate surface area is 136 Å². The van der Waals surface area contributed by atoms with Gasteiger partial charge in [0.1, 0.15) is 9.84 Å². The summed E-state index contributed by atoms with van der Waals surface area (Å²) < 4.78 is 22.1. The van der Waals surface area contributed by atoms with Gasteiger partial charge in [-0.1, -0.05) is 17.7 Å². The van der Waals surface area contributed by atoms with Gasteiger partial charge >= 0.3 is 0 Å². The Morgan fingerprint density at radius 1 is 1.45 bits per heavy atom. The molecule has 1 atom stereocenters. The van der Waals surface area contributed by atoms with Gasteiger partial charge in [-0.2, -0.15) is 0 Å². The third kappa shape index (κ3) is 5.50. The number of benzene rings is 1. The summed E-state index contributed by atoms with van der Waals surface area (Å²) >= 11 is 5.99. The van der Waals surface area contributed by atoms with Gasteiger partial charge in [-0.15, -0.1) is 0 Å². The molecule has 1 amide bonds. The van der Waals surface area contributed by atoms with Crippen LogP contribution in [-0.4, -0.2) is 45.5 Å². The van der Waals surface area contributed by atoms with Gasteiger partial charge in [-0.05, 0) is 31.0 Å². The van der Waals surface area contributed by atoms with E-state index in [1.807, 2.05) is 24.3 Å². The summed E-state index contributed by atoms with van der Waals surface area (Å²) in [4.78, 5) is 14.0. The normalized spacial score (nSPS) is 18.5. The second-order valence-corrected chi connectivity index (χ2v) is 8.41. The van der Waals surface area contributed by atoms with Crippen LogP contribution in [0.4, 0.5) is 5.69 Å². The van der Waals surface area contributed by atoms with Gasteiger partial charge in [0.25, 0.3) is 0 Å². The molecule has 2 rings (SSSR count). The predicted octanol–water partition coefficient (Wildman–Crippen LogP) is 1.86. The second-order valence-electron chi connectivity index (χ2n) is 5.71. The first-order chi connectivity index (χ1) is 10.3. The summed E-state index contributed by atoms with van der Waals surface area (Å²) in [6.07, 6.45) is 2.69. The van der Waals surface area contributed by atoms with E-state index in [0.29, 0.717) is 11.4 Å². The third-order valence-electron chi connectivity index (χ3n) is 3.65. The largest absolute Gasteiger partial charge is 0.369 e. The van der Waals surface area contributed by atoms with E-state index in [2.05, 4.69) is 10.2 Å². The Morgan fingerprint density at radius 3 is 2.91 bits per heavy atom. The lowest BCUT2D eigenvalue weighted by Gasteiger charge is -2.19. The van der Waals surface area contributed by atoms with Gasteiger partial charge in [-0.25, -0.2) is 8.42 Å². The number of amides is 1. The molecule has 0 saturated carbocycles. The van der Waals surface area contributed by atoms with E-state index in [4.69, 9.17) is 11.6 Å². The average molecular weight is 345 g/mol. The molecular weight excluding hydrogens is 324 g/mol. The molecule has 5 nitrogen and oxygen atoms in total. The standard InChI is InChI=1S/C15H21ClN2O3S/c1-22(20,21)9-3-6-15(19)17-13-7-8-18(11-13)14-5-2-4-12(16)10-14/h2,4-5,10,13H,3,6-9,11H2,1H3,(H,17,19). The molecule has 22 heavy (non-hydrogen) atoms. The summed E-state index contributed by atoms with van der Waals surface area (Å²) in [6, 6.07) is 7.77. The summed E-state index contributed by atoms with van der Waals surface area (Å²) in [7, 11) is -3.00. The van der Waals surface area contributed by atoms with Crippen LogP contribution in [0.15, 0.2) is 24.3 Å². The highest BCUT2D eigenvalue weighted by atomic mass is 35.5. The zero-order valence-electron chi connectivity index (χ0n) is 12.6. The zero-order valence-corrected chi connectivity index (χ0v) is 14.2. The fraction of sp³-hybridized carbons (Fsp3) is 0.533. The van der Waals surface area contributed by atoms with Gasteiger partial charge < -0.3 is 10.2 Å². The second kappa shape index (κ2) is 7.33. The molecular formula is C15H21ClN2O3S. The van der Waals surface area contributed by atoms with Crippen molar-refractivity contribution in [2.45, 2.75) is 25.3 Å². The quantitative estimate of drug-likeness (QED) is 0.855. The summed E-state index contributed by atoms with van der Waals surface area (Å²) in [5.74, 6) is -0.0266. The number of rotatable bonds is 6. The van der Waals surface area contributed by atoms with Crippen molar-refractivity contribution in [1.29, 1.82) is 0 Å². The molecule has 1 saturated heterocycles. The predicted molar refractivity (Wildman–Crippen MR) is 89.2 cm³/mol. The van der Waals surface area contributed by atoms with Gasteiger partial charge in [0.2, 0.25) is 5.91 Å². The van der Waals surface area contributed by atoms with Crippen molar-refractivity contribution in [2.75, 3.05) is 30.0 Å². The fourth-order valence-corrected chi connectivity index (χ4v) is 3.43. The fourth-order valence-electron chi connectivity index (χ4n) is 2.58. The molecule has 0 bridgehead atoms. The lowest BCUT2D eigenvalue weighted by atomic mass is 10.2. The van der Waals surface area contributed by atoms with Crippen molar-refractivity contribution in [1.82, 2.24) is 5.32 Å². The maximum absolute atomic E-state index is 11.8. The molecule has 0 radical (unpaired) electrons. The number of hydrogen-bond acceptors (Lipinski definition) is 4. The Morgan fingerprint density at radius 2 is 2.23 bits per heavy atom. The minimum absolute atomic E-state index is 0.0553. The highest BCUT2D eigenvalue weighted by molar-refractivity contribution is 7.90. The first kappa shape index (κ1) is 17.1. The molecule has 1 fully saturated rings. The molecule has 0 aliphatic carbocycles. The van der Waals surface area contributed by atoms with E-state index in [-0.39, 0.29) is 24.1 Å². The molecule has 1 aliphatic heterocycles. The molecule has 7 heteroatoms. The lowest BCUT2D eigenvalue weighted by Crippen LogP contribution is -2.37. The molecule has 1 heterocycles. The maximum Gasteiger partial charge on any atom is 0.220 e. The van der Waals surface area contributed by atoms with E-state index in [0.717, 1.165) is 25.2 Å². The number of anilines is 1. The number of carbonyl (C=O) groups is 1. The molecule has 1 aliphatic rings. The van der Waals surface area contributed by atoms with Crippen LogP contribution in [0.1, 0.15) is 19.3 Å². The molecule has 1 aromatic rings. The van der Waals surface area contributed by atoms with Crippen molar-refractivity contribution < 1.29 is 13.2 Å². The van der Waals surface area contributed by atoms with Crippen molar-refractivity contribution in [3.63, 3.8) is 0 Å². The Balaban J connectivity index is 1.77. The van der Waals surface area contributed by atoms with Crippen LogP contribution in [-0.2, 0) is 14.6 Å². The van der Waals surface area contributed by atoms with Crippen molar-refractivity contribution in [3.8, 4) is 0 Å². The van der Waals surface area contributed by atoms with Crippen LogP contribution in [0.2, 0.25) is 5.02 Å². The number of nitrogens with one attached hydrogen (secondary N) is 1. The molecule has 1 unspecified atom stereocenters. The number of halogens is 1. The van der Waals surface area contributed by atoms with E-state index < -0.39 is 9.84 Å². The summed E-state index contributed by atoms with van der Waals surface area (Å²) in [5, 5.41) is 3.67. The number of carbonyl (C=O) groups excluding carboxylic acids is 1. The van der Waals surface area contributed by atoms with E-state index in [9.17, 15) is 13.2 Å². The van der Waals surface area contributed by atoms with Crippen molar-refractivity contribution >= 4 is 33.0 Å².